The van der Waals surface area contributed by atoms with E-state index in [0.29, 0.717) is 13.0 Å². The van der Waals surface area contributed by atoms with Crippen LogP contribution in [0.1, 0.15) is 29.6 Å². The smallest absolute Gasteiger partial charge is 0.284 e. The van der Waals surface area contributed by atoms with Crippen LogP contribution >= 0.6 is 0 Å². The summed E-state index contributed by atoms with van der Waals surface area (Å²) in [6.45, 7) is 0.507. The van der Waals surface area contributed by atoms with Crippen molar-refractivity contribution in [2.24, 2.45) is 5.73 Å². The lowest BCUT2D eigenvalue weighted by atomic mass is 10.3. The molecule has 16 heavy (non-hydrogen) atoms. The number of halogens is 1. The summed E-state index contributed by atoms with van der Waals surface area (Å²) in [6, 6.07) is 0. The standard InChI is InChI=1S/C9H10FN3O3/c10-5-4-13(6-2-1-3-16-6)9(15)7(12-5)8(11)14/h4,6H,1-3H2,(H2,11,14). The number of hydrogen-bond acceptors (Lipinski definition) is 4. The SMILES string of the molecule is NC(=O)c1nc(F)cn(C2CCCO2)c1=O. The Hall–Kier alpha value is -1.76. The van der Waals surface area contributed by atoms with Gasteiger partial charge in [-0.25, -0.2) is 4.98 Å². The molecule has 1 aromatic heterocycles. The Morgan fingerprint density at radius 2 is 2.44 bits per heavy atom. The first-order valence-corrected chi connectivity index (χ1v) is 4.79. The summed E-state index contributed by atoms with van der Waals surface area (Å²) >= 11 is 0. The predicted octanol–water partition coefficient (Wildman–Crippen LogP) is -0.210. The quantitative estimate of drug-likeness (QED) is 0.757. The maximum absolute atomic E-state index is 13.1. The average Bonchev–Trinajstić information content (AvgIpc) is 2.73. The predicted molar refractivity (Wildman–Crippen MR) is 51.2 cm³/mol. The van der Waals surface area contributed by atoms with Crippen molar-refractivity contribution in [3.05, 3.63) is 28.2 Å². The Bertz CT molecular complexity index is 479. The number of ether oxygens (including phenoxy) is 1. The van der Waals surface area contributed by atoms with Gasteiger partial charge in [0.05, 0.1) is 6.20 Å². The highest BCUT2D eigenvalue weighted by Gasteiger charge is 2.22. The van der Waals surface area contributed by atoms with Gasteiger partial charge in [0.1, 0.15) is 6.23 Å². The highest BCUT2D eigenvalue weighted by Crippen LogP contribution is 2.20. The Kier molecular flexibility index (Phi) is 2.69. The maximum atomic E-state index is 13.1. The van der Waals surface area contributed by atoms with E-state index >= 15 is 0 Å². The van der Waals surface area contributed by atoms with Crippen LogP contribution in [0.15, 0.2) is 11.0 Å². The van der Waals surface area contributed by atoms with E-state index in [9.17, 15) is 14.0 Å². The fourth-order valence-electron chi connectivity index (χ4n) is 1.63. The number of rotatable bonds is 2. The average molecular weight is 227 g/mol. The summed E-state index contributed by atoms with van der Waals surface area (Å²) in [6.07, 6.45) is 1.77. The monoisotopic (exact) mass is 227 g/mol. The summed E-state index contributed by atoms with van der Waals surface area (Å²) in [5.41, 5.74) is 3.61. The minimum Gasteiger partial charge on any atom is -0.364 e. The van der Waals surface area contributed by atoms with Gasteiger partial charge in [0, 0.05) is 6.61 Å². The van der Waals surface area contributed by atoms with Crippen molar-refractivity contribution in [3.63, 3.8) is 0 Å². The maximum Gasteiger partial charge on any atom is 0.284 e. The molecule has 0 aliphatic carbocycles. The van der Waals surface area contributed by atoms with Crippen LogP contribution in [-0.2, 0) is 4.74 Å². The Morgan fingerprint density at radius 3 is 3.00 bits per heavy atom. The van der Waals surface area contributed by atoms with Crippen molar-refractivity contribution in [2.45, 2.75) is 19.1 Å². The van der Waals surface area contributed by atoms with Gasteiger partial charge in [0.15, 0.2) is 5.69 Å². The van der Waals surface area contributed by atoms with Crippen LogP contribution in [0, 0.1) is 5.95 Å². The summed E-state index contributed by atoms with van der Waals surface area (Å²) in [7, 11) is 0. The molecule has 1 aliphatic heterocycles. The largest absolute Gasteiger partial charge is 0.364 e. The van der Waals surface area contributed by atoms with E-state index in [2.05, 4.69) is 4.98 Å². The molecule has 0 bridgehead atoms. The van der Waals surface area contributed by atoms with Crippen LogP contribution < -0.4 is 11.3 Å². The number of primary amides is 1. The van der Waals surface area contributed by atoms with Gasteiger partial charge in [-0.15, -0.1) is 0 Å². The molecule has 86 valence electrons. The van der Waals surface area contributed by atoms with E-state index in [0.717, 1.165) is 17.2 Å². The molecule has 7 heteroatoms. The first-order valence-electron chi connectivity index (χ1n) is 4.79. The molecule has 2 rings (SSSR count). The first-order chi connectivity index (χ1) is 7.59. The van der Waals surface area contributed by atoms with Crippen LogP contribution in [0.4, 0.5) is 4.39 Å². The van der Waals surface area contributed by atoms with Crippen molar-refractivity contribution in [3.8, 4) is 0 Å². The highest BCUT2D eigenvalue weighted by molar-refractivity contribution is 5.90. The number of carbonyl (C=O) groups excluding carboxylic acids is 1. The summed E-state index contributed by atoms with van der Waals surface area (Å²) in [5.74, 6) is -1.97. The van der Waals surface area contributed by atoms with Crippen LogP contribution in [0.3, 0.4) is 0 Å². The number of aromatic nitrogens is 2. The third-order valence-electron chi connectivity index (χ3n) is 2.35. The second-order valence-electron chi connectivity index (χ2n) is 3.46. The Balaban J connectivity index is 2.52. The second kappa shape index (κ2) is 4.01. The molecule has 1 amide bonds. The molecular formula is C9H10FN3O3. The molecule has 6 nitrogen and oxygen atoms in total. The fourth-order valence-corrected chi connectivity index (χ4v) is 1.63. The molecule has 1 saturated heterocycles. The van der Waals surface area contributed by atoms with E-state index in [-0.39, 0.29) is 0 Å². The molecular weight excluding hydrogens is 217 g/mol. The molecule has 1 fully saturated rings. The molecule has 0 spiro atoms. The van der Waals surface area contributed by atoms with Crippen LogP contribution in [0.25, 0.3) is 0 Å². The number of amides is 1. The summed E-state index contributed by atoms with van der Waals surface area (Å²) in [5, 5.41) is 0. The fraction of sp³-hybridized carbons (Fsp3) is 0.444. The molecule has 0 saturated carbocycles. The van der Waals surface area contributed by atoms with Gasteiger partial charge in [0.2, 0.25) is 5.95 Å². The van der Waals surface area contributed by atoms with E-state index in [1.165, 1.54) is 0 Å². The minimum absolute atomic E-state index is 0.507. The van der Waals surface area contributed by atoms with E-state index in [1.807, 2.05) is 0 Å². The summed E-state index contributed by atoms with van der Waals surface area (Å²) in [4.78, 5) is 25.8. The summed E-state index contributed by atoms with van der Waals surface area (Å²) < 4.78 is 19.3. The van der Waals surface area contributed by atoms with Gasteiger partial charge >= 0.3 is 0 Å². The van der Waals surface area contributed by atoms with Crippen molar-refractivity contribution in [1.82, 2.24) is 9.55 Å². The molecule has 2 N–H and O–H groups in total. The third kappa shape index (κ3) is 1.81. The number of nitrogens with zero attached hydrogens (tertiary/aromatic N) is 2. The number of hydrogen-bond donors (Lipinski definition) is 1. The van der Waals surface area contributed by atoms with Crippen molar-refractivity contribution < 1.29 is 13.9 Å². The zero-order valence-corrected chi connectivity index (χ0v) is 8.35. The molecule has 1 atom stereocenters. The van der Waals surface area contributed by atoms with Crippen molar-refractivity contribution >= 4 is 5.91 Å². The van der Waals surface area contributed by atoms with Gasteiger partial charge in [-0.3, -0.25) is 14.2 Å². The zero-order valence-electron chi connectivity index (χ0n) is 8.35. The van der Waals surface area contributed by atoms with Crippen LogP contribution in [-0.4, -0.2) is 22.1 Å². The normalized spacial score (nSPS) is 19.9. The van der Waals surface area contributed by atoms with Gasteiger partial charge < -0.3 is 10.5 Å². The van der Waals surface area contributed by atoms with Gasteiger partial charge in [-0.05, 0) is 12.8 Å². The minimum atomic E-state index is -1.05. The topological polar surface area (TPSA) is 87.2 Å². The van der Waals surface area contributed by atoms with E-state index < -0.39 is 29.3 Å². The molecule has 1 unspecified atom stereocenters. The van der Waals surface area contributed by atoms with Gasteiger partial charge in [-0.2, -0.15) is 4.39 Å². The third-order valence-corrected chi connectivity index (χ3v) is 2.35. The highest BCUT2D eigenvalue weighted by atomic mass is 19.1. The number of carbonyl (C=O) groups is 1. The zero-order chi connectivity index (χ0) is 11.7. The first kappa shape index (κ1) is 10.7. The van der Waals surface area contributed by atoms with Crippen LogP contribution in [0.5, 0.6) is 0 Å². The van der Waals surface area contributed by atoms with E-state index in [4.69, 9.17) is 10.5 Å². The molecule has 1 aromatic rings. The Morgan fingerprint density at radius 1 is 1.69 bits per heavy atom. The molecule has 0 radical (unpaired) electrons. The molecule has 1 aliphatic rings. The number of nitrogens with two attached hydrogens (primary N) is 1. The van der Waals surface area contributed by atoms with Crippen LogP contribution in [0.2, 0.25) is 0 Å². The second-order valence-corrected chi connectivity index (χ2v) is 3.46. The van der Waals surface area contributed by atoms with Gasteiger partial charge in [-0.1, -0.05) is 0 Å². The lowest BCUT2D eigenvalue weighted by Crippen LogP contribution is -2.33. The van der Waals surface area contributed by atoms with Gasteiger partial charge in [0.25, 0.3) is 11.5 Å². The molecule has 2 heterocycles. The Labute approximate surface area is 89.8 Å². The van der Waals surface area contributed by atoms with Crippen molar-refractivity contribution in [2.75, 3.05) is 6.61 Å². The lowest BCUT2D eigenvalue weighted by Gasteiger charge is -2.13. The lowest BCUT2D eigenvalue weighted by molar-refractivity contribution is 0.0522. The molecule has 0 aromatic carbocycles. The van der Waals surface area contributed by atoms with E-state index in [1.54, 1.807) is 0 Å². The van der Waals surface area contributed by atoms with Crippen molar-refractivity contribution in [1.29, 1.82) is 0 Å².